The highest BCUT2D eigenvalue weighted by Gasteiger charge is 2.51. The summed E-state index contributed by atoms with van der Waals surface area (Å²) in [4.78, 5) is 18.2. The van der Waals surface area contributed by atoms with E-state index >= 15 is 0 Å². The van der Waals surface area contributed by atoms with Gasteiger partial charge in [0.1, 0.15) is 11.5 Å². The van der Waals surface area contributed by atoms with Gasteiger partial charge in [-0.2, -0.15) is 0 Å². The van der Waals surface area contributed by atoms with E-state index in [2.05, 4.69) is 16.8 Å². The normalized spacial score (nSPS) is 27.8. The number of carbonyl (C=O) groups excluding carboxylic acids is 1. The number of fused-ring (bicyclic) bond motifs is 3. The zero-order valence-corrected chi connectivity index (χ0v) is 12.4. The number of amides is 1. The van der Waals surface area contributed by atoms with Crippen molar-refractivity contribution in [1.29, 1.82) is 0 Å². The minimum Gasteiger partial charge on any atom is -0.350 e. The molecule has 1 aromatic heterocycles. The molecule has 0 saturated carbocycles. The molecule has 4 heteroatoms. The van der Waals surface area contributed by atoms with Crippen LogP contribution >= 0.6 is 0 Å². The molecule has 2 aliphatic heterocycles. The number of aromatic nitrogens is 1. The highest BCUT2D eigenvalue weighted by Crippen LogP contribution is 2.47. The van der Waals surface area contributed by atoms with Crippen LogP contribution in [-0.2, 0) is 0 Å². The van der Waals surface area contributed by atoms with Crippen LogP contribution in [0.3, 0.4) is 0 Å². The van der Waals surface area contributed by atoms with Crippen molar-refractivity contribution in [2.24, 2.45) is 0 Å². The molecule has 1 aromatic carbocycles. The van der Waals surface area contributed by atoms with Crippen LogP contribution in [0.5, 0.6) is 0 Å². The Kier molecular flexibility index (Phi) is 2.51. The van der Waals surface area contributed by atoms with Gasteiger partial charge in [0.15, 0.2) is 0 Å². The van der Waals surface area contributed by atoms with Crippen molar-refractivity contribution in [3.63, 3.8) is 0 Å². The molecule has 1 amide bonds. The van der Waals surface area contributed by atoms with Gasteiger partial charge in [-0.15, -0.1) is 0 Å². The lowest BCUT2D eigenvalue weighted by Gasteiger charge is -2.31. The average molecular weight is 286 g/mol. The second-order valence-corrected chi connectivity index (χ2v) is 6.72. The van der Waals surface area contributed by atoms with Gasteiger partial charge in [0.05, 0.1) is 0 Å². The molecular formula is C17H19FN2O. The predicted octanol–water partition coefficient (Wildman–Crippen LogP) is 3.77. The molecule has 2 aromatic rings. The smallest absolute Gasteiger partial charge is 0.271 e. The largest absolute Gasteiger partial charge is 0.350 e. The molecule has 0 radical (unpaired) electrons. The quantitative estimate of drug-likeness (QED) is 0.851. The first-order chi connectivity index (χ1) is 9.99. The SMILES string of the molecule is Cc1c(C(=O)N2C3CCC2(C)CC3)[nH]c2cc(F)ccc12. The third kappa shape index (κ3) is 1.68. The molecule has 110 valence electrons. The summed E-state index contributed by atoms with van der Waals surface area (Å²) < 4.78 is 13.4. The van der Waals surface area contributed by atoms with Crippen molar-refractivity contribution in [2.45, 2.75) is 51.1 Å². The summed E-state index contributed by atoms with van der Waals surface area (Å²) in [5, 5.41) is 0.927. The zero-order valence-electron chi connectivity index (χ0n) is 12.4. The highest BCUT2D eigenvalue weighted by molar-refractivity contribution is 6.01. The minimum absolute atomic E-state index is 0.0106. The number of nitrogens with zero attached hydrogens (tertiary/aromatic N) is 1. The fourth-order valence-electron chi connectivity index (χ4n) is 4.22. The molecule has 21 heavy (non-hydrogen) atoms. The van der Waals surface area contributed by atoms with Gasteiger partial charge >= 0.3 is 0 Å². The maximum Gasteiger partial charge on any atom is 0.271 e. The number of hydrogen-bond acceptors (Lipinski definition) is 1. The molecule has 1 N–H and O–H groups in total. The molecule has 3 nitrogen and oxygen atoms in total. The second-order valence-electron chi connectivity index (χ2n) is 6.72. The number of halogens is 1. The Morgan fingerprint density at radius 1 is 1.38 bits per heavy atom. The highest BCUT2D eigenvalue weighted by atomic mass is 19.1. The molecule has 3 heterocycles. The van der Waals surface area contributed by atoms with Gasteiger partial charge in [-0.25, -0.2) is 4.39 Å². The van der Waals surface area contributed by atoms with E-state index in [0.717, 1.165) is 36.6 Å². The Balaban J connectivity index is 1.80. The Hall–Kier alpha value is -1.84. The number of aryl methyl sites for hydroxylation is 1. The number of rotatable bonds is 1. The van der Waals surface area contributed by atoms with Crippen LogP contribution < -0.4 is 0 Å². The van der Waals surface area contributed by atoms with Crippen molar-refractivity contribution < 1.29 is 9.18 Å². The number of hydrogen-bond donors (Lipinski definition) is 1. The first kappa shape index (κ1) is 12.9. The number of aromatic amines is 1. The third-order valence-electron chi connectivity index (χ3n) is 5.43. The lowest BCUT2D eigenvalue weighted by atomic mass is 9.90. The van der Waals surface area contributed by atoms with Gasteiger partial charge in [-0.3, -0.25) is 4.79 Å². The van der Waals surface area contributed by atoms with E-state index in [9.17, 15) is 9.18 Å². The first-order valence-electron chi connectivity index (χ1n) is 7.61. The monoisotopic (exact) mass is 286 g/mol. The molecule has 4 rings (SSSR count). The minimum atomic E-state index is -0.282. The van der Waals surface area contributed by atoms with E-state index in [1.807, 2.05) is 6.92 Å². The lowest BCUT2D eigenvalue weighted by Crippen LogP contribution is -2.43. The fraction of sp³-hybridized carbons (Fsp3) is 0.471. The first-order valence-corrected chi connectivity index (χ1v) is 7.61. The van der Waals surface area contributed by atoms with Crippen LogP contribution in [0.1, 0.15) is 48.7 Å². The summed E-state index contributed by atoms with van der Waals surface area (Å²) in [6.07, 6.45) is 4.40. The zero-order chi connectivity index (χ0) is 14.8. The maximum atomic E-state index is 13.4. The Morgan fingerprint density at radius 2 is 2.10 bits per heavy atom. The molecule has 2 saturated heterocycles. The van der Waals surface area contributed by atoms with Crippen molar-refractivity contribution >= 4 is 16.8 Å². The van der Waals surface area contributed by atoms with Crippen molar-refractivity contribution in [3.05, 3.63) is 35.3 Å². The molecule has 0 atom stereocenters. The second kappa shape index (κ2) is 4.09. The summed E-state index contributed by atoms with van der Waals surface area (Å²) in [5.41, 5.74) is 2.25. The summed E-state index contributed by atoms with van der Waals surface area (Å²) in [6, 6.07) is 5.02. The van der Waals surface area contributed by atoms with Gasteiger partial charge in [-0.05, 0) is 63.3 Å². The van der Waals surface area contributed by atoms with Crippen LogP contribution in [0.4, 0.5) is 4.39 Å². The fourth-order valence-corrected chi connectivity index (χ4v) is 4.22. The predicted molar refractivity (Wildman–Crippen MR) is 79.8 cm³/mol. The summed E-state index contributed by atoms with van der Waals surface area (Å²) in [7, 11) is 0. The number of nitrogens with one attached hydrogen (secondary N) is 1. The van der Waals surface area contributed by atoms with E-state index in [4.69, 9.17) is 0 Å². The summed E-state index contributed by atoms with van der Waals surface area (Å²) in [5.74, 6) is -0.206. The number of benzene rings is 1. The maximum absolute atomic E-state index is 13.4. The van der Waals surface area contributed by atoms with Crippen LogP contribution in [0.25, 0.3) is 10.9 Å². The van der Waals surface area contributed by atoms with Crippen LogP contribution in [0, 0.1) is 12.7 Å². The summed E-state index contributed by atoms with van der Waals surface area (Å²) >= 11 is 0. The standard InChI is InChI=1S/C17H19FN2O/c1-10-13-4-3-11(18)9-14(13)19-15(10)16(21)20-12-5-7-17(20,2)8-6-12/h3-4,9,12,19H,5-8H2,1-2H3. The van der Waals surface area contributed by atoms with Gasteiger partial charge in [0.2, 0.25) is 0 Å². The Bertz CT molecular complexity index is 741. The van der Waals surface area contributed by atoms with Crippen LogP contribution in [0.15, 0.2) is 18.2 Å². The number of carbonyl (C=O) groups is 1. The number of H-pyrrole nitrogens is 1. The van der Waals surface area contributed by atoms with Crippen molar-refractivity contribution in [1.82, 2.24) is 9.88 Å². The topological polar surface area (TPSA) is 36.1 Å². The lowest BCUT2D eigenvalue weighted by molar-refractivity contribution is 0.0635. The molecule has 2 aliphatic rings. The van der Waals surface area contributed by atoms with E-state index in [-0.39, 0.29) is 17.3 Å². The van der Waals surface area contributed by atoms with Crippen molar-refractivity contribution in [3.8, 4) is 0 Å². The van der Waals surface area contributed by atoms with E-state index in [1.54, 1.807) is 6.07 Å². The van der Waals surface area contributed by atoms with Gasteiger partial charge in [0, 0.05) is 22.5 Å². The molecule has 0 spiro atoms. The van der Waals surface area contributed by atoms with Gasteiger partial charge in [-0.1, -0.05) is 0 Å². The molecule has 2 bridgehead atoms. The molecule has 2 fully saturated rings. The molecule has 0 aliphatic carbocycles. The summed E-state index contributed by atoms with van der Waals surface area (Å²) in [6.45, 7) is 4.12. The van der Waals surface area contributed by atoms with Gasteiger partial charge in [0.25, 0.3) is 5.91 Å². The van der Waals surface area contributed by atoms with Crippen LogP contribution in [0.2, 0.25) is 0 Å². The molecule has 0 unspecified atom stereocenters. The van der Waals surface area contributed by atoms with Crippen molar-refractivity contribution in [2.75, 3.05) is 0 Å². The Labute approximate surface area is 123 Å². The van der Waals surface area contributed by atoms with E-state index in [0.29, 0.717) is 17.3 Å². The van der Waals surface area contributed by atoms with Crippen LogP contribution in [-0.4, -0.2) is 27.4 Å². The molecular weight excluding hydrogens is 267 g/mol. The Morgan fingerprint density at radius 3 is 2.71 bits per heavy atom. The van der Waals surface area contributed by atoms with E-state index < -0.39 is 0 Å². The average Bonchev–Trinajstić information content (AvgIpc) is 3.06. The third-order valence-corrected chi connectivity index (χ3v) is 5.43. The van der Waals surface area contributed by atoms with Gasteiger partial charge < -0.3 is 9.88 Å². The van der Waals surface area contributed by atoms with E-state index in [1.165, 1.54) is 12.1 Å².